The maximum Gasteiger partial charge on any atom is 0.293 e. The first kappa shape index (κ1) is 21.4. The van der Waals surface area contributed by atoms with Gasteiger partial charge in [-0.2, -0.15) is 8.42 Å². The van der Waals surface area contributed by atoms with E-state index in [4.69, 9.17) is 9.47 Å². The number of H-pyrrole nitrogens is 1. The van der Waals surface area contributed by atoms with E-state index in [0.29, 0.717) is 11.4 Å². The average molecular weight is 429 g/mol. The molecule has 0 atom stereocenters. The summed E-state index contributed by atoms with van der Waals surface area (Å²) in [5, 5.41) is -0.159. The van der Waals surface area contributed by atoms with Crippen molar-refractivity contribution in [1.29, 1.82) is 0 Å². The highest BCUT2D eigenvalue weighted by Crippen LogP contribution is 2.33. The lowest BCUT2D eigenvalue weighted by molar-refractivity contribution is 0.378. The lowest BCUT2D eigenvalue weighted by Crippen LogP contribution is -2.19. The number of nitrogens with zero attached hydrogens (tertiary/aromatic N) is 1. The third-order valence-corrected chi connectivity index (χ3v) is 5.63. The van der Waals surface area contributed by atoms with Crippen molar-refractivity contribution in [3.05, 3.63) is 70.3 Å². The third kappa shape index (κ3) is 4.62. The Kier molecular flexibility index (Phi) is 6.12. The van der Waals surface area contributed by atoms with E-state index in [9.17, 15) is 13.2 Å². The van der Waals surface area contributed by atoms with Gasteiger partial charge in [0.05, 0.1) is 12.8 Å². The van der Waals surface area contributed by atoms with Crippen LogP contribution in [0.3, 0.4) is 0 Å². The van der Waals surface area contributed by atoms with Crippen molar-refractivity contribution in [2.45, 2.75) is 31.7 Å². The molecule has 0 spiro atoms. The molecule has 0 saturated heterocycles. The number of rotatable bonds is 7. The molecule has 0 saturated carbocycles. The van der Waals surface area contributed by atoms with Crippen LogP contribution >= 0.6 is 0 Å². The van der Waals surface area contributed by atoms with Gasteiger partial charge >= 0.3 is 0 Å². The summed E-state index contributed by atoms with van der Waals surface area (Å²) in [5.41, 5.74) is 0.799. The number of aromatic amines is 1. The zero-order chi connectivity index (χ0) is 21.9. The van der Waals surface area contributed by atoms with Crippen LogP contribution in [0.1, 0.15) is 31.0 Å². The molecule has 8 nitrogen and oxygen atoms in total. The molecule has 3 aromatic rings. The van der Waals surface area contributed by atoms with Crippen molar-refractivity contribution in [2.24, 2.45) is 0 Å². The Morgan fingerprint density at radius 1 is 1.10 bits per heavy atom. The van der Waals surface area contributed by atoms with Gasteiger partial charge in [0.25, 0.3) is 15.6 Å². The minimum Gasteiger partial charge on any atom is -0.493 e. The zero-order valence-electron chi connectivity index (χ0n) is 17.1. The molecule has 1 aromatic carbocycles. The fraction of sp³-hybridized carbons (Fsp3) is 0.238. The van der Waals surface area contributed by atoms with Crippen LogP contribution in [0, 0.1) is 6.92 Å². The summed E-state index contributed by atoms with van der Waals surface area (Å²) in [4.78, 5) is 19.2. The highest BCUT2D eigenvalue weighted by atomic mass is 32.2. The maximum absolute atomic E-state index is 12.9. The van der Waals surface area contributed by atoms with Crippen LogP contribution in [0.2, 0.25) is 0 Å². The number of hydrogen-bond donors (Lipinski definition) is 2. The molecule has 0 bridgehead atoms. The standard InChI is InChI=1S/C21H23N3O5S/c1-13(2)15-9-10-19(22-12-15)30(26,27)24-16-11-14(3)23-21(25)20(16)29-18-8-6-5-7-17(18)28-4/h5-13H,1-4H3,(H2,23,24,25). The van der Waals surface area contributed by atoms with Gasteiger partial charge in [0.1, 0.15) is 0 Å². The fourth-order valence-corrected chi connectivity index (χ4v) is 3.74. The van der Waals surface area contributed by atoms with Gasteiger partial charge in [-0.3, -0.25) is 9.52 Å². The van der Waals surface area contributed by atoms with E-state index in [0.717, 1.165) is 5.56 Å². The Labute approximate surface area is 175 Å². The van der Waals surface area contributed by atoms with Gasteiger partial charge in [-0.15, -0.1) is 0 Å². The number of nitrogens with one attached hydrogen (secondary N) is 2. The molecule has 0 fully saturated rings. The van der Waals surface area contributed by atoms with E-state index < -0.39 is 15.6 Å². The van der Waals surface area contributed by atoms with Crippen LogP contribution < -0.4 is 19.8 Å². The lowest BCUT2D eigenvalue weighted by atomic mass is 10.1. The number of methoxy groups -OCH3 is 1. The highest BCUT2D eigenvalue weighted by Gasteiger charge is 2.21. The van der Waals surface area contributed by atoms with Gasteiger partial charge < -0.3 is 14.5 Å². The molecule has 0 unspecified atom stereocenters. The van der Waals surface area contributed by atoms with E-state index in [1.54, 1.807) is 37.3 Å². The molecule has 2 N–H and O–H groups in total. The molecule has 0 aliphatic heterocycles. The van der Waals surface area contributed by atoms with Crippen LogP contribution in [0.15, 0.2) is 58.5 Å². The average Bonchev–Trinajstić information content (AvgIpc) is 2.70. The summed E-state index contributed by atoms with van der Waals surface area (Å²) in [5.74, 6) is 0.692. The van der Waals surface area contributed by atoms with Crippen molar-refractivity contribution in [3.8, 4) is 17.2 Å². The smallest absolute Gasteiger partial charge is 0.293 e. The third-order valence-electron chi connectivity index (χ3n) is 4.35. The Hall–Kier alpha value is -3.33. The van der Waals surface area contributed by atoms with Gasteiger partial charge in [0.15, 0.2) is 16.5 Å². The number of pyridine rings is 2. The second-order valence-corrected chi connectivity index (χ2v) is 8.60. The summed E-state index contributed by atoms with van der Waals surface area (Å²) in [7, 11) is -2.57. The normalized spacial score (nSPS) is 11.4. The van der Waals surface area contributed by atoms with Gasteiger partial charge in [-0.25, -0.2) is 4.98 Å². The monoisotopic (exact) mass is 429 g/mol. The van der Waals surface area contributed by atoms with Crippen molar-refractivity contribution in [1.82, 2.24) is 9.97 Å². The second kappa shape index (κ2) is 8.58. The van der Waals surface area contributed by atoms with Crippen LogP contribution in [-0.4, -0.2) is 25.5 Å². The number of aromatic nitrogens is 2. The summed E-state index contributed by atoms with van der Waals surface area (Å²) in [6.07, 6.45) is 1.52. The van der Waals surface area contributed by atoms with Gasteiger partial charge in [0, 0.05) is 11.9 Å². The Morgan fingerprint density at radius 3 is 2.40 bits per heavy atom. The van der Waals surface area contributed by atoms with Crippen molar-refractivity contribution >= 4 is 15.7 Å². The lowest BCUT2D eigenvalue weighted by Gasteiger charge is -2.15. The fourth-order valence-electron chi connectivity index (χ4n) is 2.76. The second-order valence-electron chi connectivity index (χ2n) is 6.97. The first-order chi connectivity index (χ1) is 14.2. The molecule has 9 heteroatoms. The Balaban J connectivity index is 2.00. The number of aryl methyl sites for hydroxylation is 1. The molecule has 158 valence electrons. The number of para-hydroxylation sites is 2. The molecule has 3 rings (SSSR count). The SMILES string of the molecule is COc1ccccc1Oc1c(NS(=O)(=O)c2ccc(C(C)C)cn2)cc(C)[nH]c1=O. The van der Waals surface area contributed by atoms with Gasteiger partial charge in [-0.05, 0) is 42.7 Å². The molecular weight excluding hydrogens is 406 g/mol. The zero-order valence-corrected chi connectivity index (χ0v) is 17.9. The topological polar surface area (TPSA) is 110 Å². The van der Waals surface area contributed by atoms with E-state index in [1.807, 2.05) is 13.8 Å². The summed E-state index contributed by atoms with van der Waals surface area (Å²) in [6.45, 7) is 5.62. The number of anilines is 1. The Bertz CT molecular complexity index is 1200. The first-order valence-corrected chi connectivity index (χ1v) is 10.7. The van der Waals surface area contributed by atoms with Crippen molar-refractivity contribution in [2.75, 3.05) is 11.8 Å². The molecule has 30 heavy (non-hydrogen) atoms. The number of ether oxygens (including phenoxy) is 2. The summed E-state index contributed by atoms with van der Waals surface area (Å²) < 4.78 is 39.1. The van der Waals surface area contributed by atoms with Crippen LogP contribution in [0.25, 0.3) is 0 Å². The maximum atomic E-state index is 12.9. The number of sulfonamides is 1. The Morgan fingerprint density at radius 2 is 1.80 bits per heavy atom. The van der Waals surface area contributed by atoms with E-state index in [1.165, 1.54) is 25.4 Å². The predicted molar refractivity (Wildman–Crippen MR) is 114 cm³/mol. The van der Waals surface area contributed by atoms with Crippen LogP contribution in [-0.2, 0) is 10.0 Å². The van der Waals surface area contributed by atoms with E-state index in [2.05, 4.69) is 14.7 Å². The highest BCUT2D eigenvalue weighted by molar-refractivity contribution is 7.92. The van der Waals surface area contributed by atoms with E-state index >= 15 is 0 Å². The minimum absolute atomic E-state index is 0.00288. The molecule has 0 aliphatic rings. The molecule has 0 radical (unpaired) electrons. The molecular formula is C21H23N3O5S. The number of benzene rings is 1. The minimum atomic E-state index is -4.04. The summed E-state index contributed by atoms with van der Waals surface area (Å²) in [6, 6.07) is 11.4. The largest absolute Gasteiger partial charge is 0.493 e. The summed E-state index contributed by atoms with van der Waals surface area (Å²) >= 11 is 0. The van der Waals surface area contributed by atoms with Gasteiger partial charge in [0.2, 0.25) is 5.75 Å². The van der Waals surface area contributed by atoms with Crippen molar-refractivity contribution in [3.63, 3.8) is 0 Å². The number of hydrogen-bond acceptors (Lipinski definition) is 6. The first-order valence-electron chi connectivity index (χ1n) is 9.25. The molecule has 0 amide bonds. The van der Waals surface area contributed by atoms with Crippen LogP contribution in [0.5, 0.6) is 17.2 Å². The predicted octanol–water partition coefficient (Wildman–Crippen LogP) is 3.80. The molecule has 0 aliphatic carbocycles. The van der Waals surface area contributed by atoms with Crippen molar-refractivity contribution < 1.29 is 17.9 Å². The molecule has 2 aromatic heterocycles. The van der Waals surface area contributed by atoms with E-state index in [-0.39, 0.29) is 28.1 Å². The van der Waals surface area contributed by atoms with Gasteiger partial charge in [-0.1, -0.05) is 32.0 Å². The molecule has 2 heterocycles. The quantitative estimate of drug-likeness (QED) is 0.591. The van der Waals surface area contributed by atoms with Crippen LogP contribution in [0.4, 0.5) is 5.69 Å².